The smallest absolute Gasteiger partial charge is 0.338 e. The summed E-state index contributed by atoms with van der Waals surface area (Å²) in [6.07, 6.45) is -0.278. The van der Waals surface area contributed by atoms with Crippen molar-refractivity contribution in [2.24, 2.45) is 0 Å². The van der Waals surface area contributed by atoms with Crippen molar-refractivity contribution in [2.75, 3.05) is 7.11 Å². The molecule has 2 aromatic rings. The van der Waals surface area contributed by atoms with Crippen LogP contribution in [-0.4, -0.2) is 25.2 Å². The molecule has 0 fully saturated rings. The summed E-state index contributed by atoms with van der Waals surface area (Å²) in [5.74, 6) is 0.589. The number of carbonyl (C=O) groups excluding carboxylic acids is 2. The van der Waals surface area contributed by atoms with E-state index in [4.69, 9.17) is 14.2 Å². The summed E-state index contributed by atoms with van der Waals surface area (Å²) in [7, 11) is 1.55. The van der Waals surface area contributed by atoms with Gasteiger partial charge >= 0.3 is 12.0 Å². The van der Waals surface area contributed by atoms with Crippen molar-refractivity contribution in [1.29, 1.82) is 0 Å². The van der Waals surface area contributed by atoms with Crippen LogP contribution in [0.25, 0.3) is 0 Å². The van der Waals surface area contributed by atoms with Gasteiger partial charge in [0.1, 0.15) is 6.61 Å². The summed E-state index contributed by atoms with van der Waals surface area (Å²) >= 11 is 0. The van der Waals surface area contributed by atoms with Crippen molar-refractivity contribution >= 4 is 12.0 Å². The van der Waals surface area contributed by atoms with Crippen LogP contribution in [0, 0.1) is 0 Å². The van der Waals surface area contributed by atoms with Crippen LogP contribution < -0.4 is 20.1 Å². The predicted molar refractivity (Wildman–Crippen MR) is 112 cm³/mol. The summed E-state index contributed by atoms with van der Waals surface area (Å²) in [6.45, 7) is 5.63. The first-order chi connectivity index (χ1) is 14.4. The Morgan fingerprint density at radius 2 is 1.83 bits per heavy atom. The fourth-order valence-electron chi connectivity index (χ4n) is 3.21. The van der Waals surface area contributed by atoms with Gasteiger partial charge in [0.05, 0.1) is 24.8 Å². The molecule has 2 aromatic carbocycles. The highest BCUT2D eigenvalue weighted by atomic mass is 16.5. The van der Waals surface area contributed by atoms with Gasteiger partial charge in [-0.2, -0.15) is 0 Å². The molecule has 0 bridgehead atoms. The lowest BCUT2D eigenvalue weighted by molar-refractivity contribution is -0.143. The van der Waals surface area contributed by atoms with E-state index in [1.54, 1.807) is 46.1 Å². The number of hydrogen-bond donors (Lipinski definition) is 2. The minimum Gasteiger partial charge on any atom is -0.493 e. The summed E-state index contributed by atoms with van der Waals surface area (Å²) in [4.78, 5) is 24.7. The van der Waals surface area contributed by atoms with Crippen molar-refractivity contribution in [3.8, 4) is 11.5 Å². The van der Waals surface area contributed by atoms with E-state index in [9.17, 15) is 9.59 Å². The van der Waals surface area contributed by atoms with Gasteiger partial charge in [0.25, 0.3) is 0 Å². The Kier molecular flexibility index (Phi) is 6.61. The molecule has 3 rings (SSSR count). The molecule has 1 atom stereocenters. The normalized spacial score (nSPS) is 16.0. The lowest BCUT2D eigenvalue weighted by atomic mass is 9.95. The molecule has 1 heterocycles. The summed E-state index contributed by atoms with van der Waals surface area (Å²) in [6, 6.07) is 14.1. The molecule has 7 heteroatoms. The van der Waals surface area contributed by atoms with E-state index in [-0.39, 0.29) is 12.1 Å². The second-order valence-corrected chi connectivity index (χ2v) is 7.21. The van der Waals surface area contributed by atoms with E-state index in [1.165, 1.54) is 0 Å². The summed E-state index contributed by atoms with van der Waals surface area (Å²) < 4.78 is 16.8. The van der Waals surface area contributed by atoms with Crippen molar-refractivity contribution in [3.63, 3.8) is 0 Å². The largest absolute Gasteiger partial charge is 0.493 e. The van der Waals surface area contributed by atoms with E-state index in [0.717, 1.165) is 5.56 Å². The van der Waals surface area contributed by atoms with Gasteiger partial charge < -0.3 is 24.8 Å². The minimum atomic E-state index is -0.665. The maximum atomic E-state index is 12.7. The van der Waals surface area contributed by atoms with Gasteiger partial charge in [-0.1, -0.05) is 36.4 Å². The molecular weight excluding hydrogens is 384 g/mol. The monoisotopic (exact) mass is 410 g/mol. The van der Waals surface area contributed by atoms with Crippen LogP contribution in [0.15, 0.2) is 59.8 Å². The first kappa shape index (κ1) is 21.2. The van der Waals surface area contributed by atoms with Crippen molar-refractivity contribution in [1.82, 2.24) is 10.6 Å². The number of rotatable bonds is 7. The molecular formula is C23H26N2O5. The summed E-state index contributed by atoms with van der Waals surface area (Å²) in [5, 5.41) is 5.43. The van der Waals surface area contributed by atoms with E-state index in [1.807, 2.05) is 30.3 Å². The standard InChI is InChI=1S/C23H26N2O5/c1-14(2)30-22(26)20-15(3)24-23(27)25-21(20)17-10-11-18(19(12-17)28-4)29-13-16-8-6-5-7-9-16/h5-12,14,21H,13H2,1-4H3,(H2,24,25,27). The van der Waals surface area contributed by atoms with E-state index in [2.05, 4.69) is 10.6 Å². The van der Waals surface area contributed by atoms with Gasteiger partial charge in [-0.25, -0.2) is 9.59 Å². The fourth-order valence-corrected chi connectivity index (χ4v) is 3.21. The Hall–Kier alpha value is -3.48. The fraction of sp³-hybridized carbons (Fsp3) is 0.304. The van der Waals surface area contributed by atoms with Gasteiger partial charge in [0.2, 0.25) is 0 Å². The first-order valence-electron chi connectivity index (χ1n) is 9.73. The van der Waals surface area contributed by atoms with Crippen molar-refractivity contribution in [3.05, 3.63) is 70.9 Å². The number of urea groups is 1. The zero-order valence-corrected chi connectivity index (χ0v) is 17.5. The van der Waals surface area contributed by atoms with Crippen LogP contribution >= 0.6 is 0 Å². The number of nitrogens with one attached hydrogen (secondary N) is 2. The molecule has 0 radical (unpaired) electrons. The van der Waals surface area contributed by atoms with E-state index < -0.39 is 12.0 Å². The zero-order valence-electron chi connectivity index (χ0n) is 17.5. The molecule has 2 N–H and O–H groups in total. The van der Waals surface area contributed by atoms with Gasteiger partial charge in [-0.05, 0) is 44.0 Å². The number of ether oxygens (including phenoxy) is 3. The lowest BCUT2D eigenvalue weighted by Gasteiger charge is -2.29. The molecule has 2 amide bonds. The molecule has 1 aliphatic heterocycles. The third kappa shape index (κ3) is 4.92. The number of benzene rings is 2. The Morgan fingerprint density at radius 3 is 2.50 bits per heavy atom. The number of hydrogen-bond acceptors (Lipinski definition) is 5. The molecule has 0 aromatic heterocycles. The molecule has 0 saturated heterocycles. The third-order valence-electron chi connectivity index (χ3n) is 4.59. The molecule has 0 spiro atoms. The number of methoxy groups -OCH3 is 1. The number of carbonyl (C=O) groups is 2. The second-order valence-electron chi connectivity index (χ2n) is 7.21. The van der Waals surface area contributed by atoms with Crippen LogP contribution in [0.4, 0.5) is 4.79 Å². The first-order valence-corrected chi connectivity index (χ1v) is 9.73. The third-order valence-corrected chi connectivity index (χ3v) is 4.59. The molecule has 30 heavy (non-hydrogen) atoms. The lowest BCUT2D eigenvalue weighted by Crippen LogP contribution is -2.45. The highest BCUT2D eigenvalue weighted by molar-refractivity contribution is 5.95. The van der Waals surface area contributed by atoms with Gasteiger partial charge in [0.15, 0.2) is 11.5 Å². The molecule has 1 unspecified atom stereocenters. The van der Waals surface area contributed by atoms with Gasteiger partial charge in [-0.15, -0.1) is 0 Å². The van der Waals surface area contributed by atoms with Crippen molar-refractivity contribution < 1.29 is 23.8 Å². The zero-order chi connectivity index (χ0) is 21.7. The average molecular weight is 410 g/mol. The van der Waals surface area contributed by atoms with Crippen LogP contribution in [-0.2, 0) is 16.1 Å². The SMILES string of the molecule is COc1cc(C2NC(=O)NC(C)=C2C(=O)OC(C)C)ccc1OCc1ccccc1. The second kappa shape index (κ2) is 9.35. The number of amides is 2. The van der Waals surface area contributed by atoms with Crippen LogP contribution in [0.5, 0.6) is 11.5 Å². The van der Waals surface area contributed by atoms with Gasteiger partial charge in [-0.3, -0.25) is 0 Å². The number of allylic oxidation sites excluding steroid dienone is 1. The Bertz CT molecular complexity index is 953. The van der Waals surface area contributed by atoms with E-state index in [0.29, 0.717) is 34.9 Å². The van der Waals surface area contributed by atoms with Crippen LogP contribution in [0.1, 0.15) is 37.9 Å². The van der Waals surface area contributed by atoms with Gasteiger partial charge in [0, 0.05) is 5.70 Å². The summed E-state index contributed by atoms with van der Waals surface area (Å²) in [5.41, 5.74) is 2.52. The molecule has 158 valence electrons. The molecule has 1 aliphatic rings. The van der Waals surface area contributed by atoms with Crippen LogP contribution in [0.3, 0.4) is 0 Å². The predicted octanol–water partition coefficient (Wildman–Crippen LogP) is 3.85. The van der Waals surface area contributed by atoms with Crippen LogP contribution in [0.2, 0.25) is 0 Å². The molecule has 7 nitrogen and oxygen atoms in total. The maximum absolute atomic E-state index is 12.7. The maximum Gasteiger partial charge on any atom is 0.338 e. The average Bonchev–Trinajstić information content (AvgIpc) is 2.71. The Labute approximate surface area is 176 Å². The Balaban J connectivity index is 1.88. The Morgan fingerprint density at radius 1 is 1.10 bits per heavy atom. The molecule has 0 aliphatic carbocycles. The quantitative estimate of drug-likeness (QED) is 0.677. The highest BCUT2D eigenvalue weighted by Crippen LogP contribution is 2.35. The highest BCUT2D eigenvalue weighted by Gasteiger charge is 2.33. The minimum absolute atomic E-state index is 0.278. The molecule has 0 saturated carbocycles. The van der Waals surface area contributed by atoms with E-state index >= 15 is 0 Å². The topological polar surface area (TPSA) is 85.9 Å². The number of esters is 1. The van der Waals surface area contributed by atoms with Crippen molar-refractivity contribution in [2.45, 2.75) is 39.5 Å².